The maximum atomic E-state index is 11.0. The third kappa shape index (κ3) is 2.21. The quantitative estimate of drug-likeness (QED) is 0.909. The first-order valence-electron chi connectivity index (χ1n) is 6.40. The van der Waals surface area contributed by atoms with E-state index in [1.54, 1.807) is 6.07 Å². The number of hydrogen-bond acceptors (Lipinski definition) is 4. The van der Waals surface area contributed by atoms with Crippen LogP contribution in [0.25, 0.3) is 11.3 Å². The van der Waals surface area contributed by atoms with Crippen LogP contribution in [0, 0.1) is 0 Å². The van der Waals surface area contributed by atoms with Crippen LogP contribution >= 0.6 is 11.6 Å². The molecule has 3 rings (SSSR count). The number of benzene rings is 1. The summed E-state index contributed by atoms with van der Waals surface area (Å²) in [5.74, 6) is 0.204. The molecular weight excluding hydrogens is 296 g/mol. The lowest BCUT2D eigenvalue weighted by Crippen LogP contribution is -1.97. The normalized spacial score (nSPS) is 13.0. The highest BCUT2D eigenvalue weighted by Crippen LogP contribution is 2.48. The molecule has 0 atom stereocenters. The summed E-state index contributed by atoms with van der Waals surface area (Å²) in [7, 11) is 0. The van der Waals surface area contributed by atoms with Crippen LogP contribution in [0.5, 0.6) is 11.5 Å². The summed E-state index contributed by atoms with van der Waals surface area (Å²) < 4.78 is 10.9. The number of nitrogens with zero attached hydrogens (tertiary/aromatic N) is 1. The molecule has 0 aliphatic carbocycles. The SMILES string of the molecule is CC(C)c1c(-c2cc(C(=O)O)[nH]n2)cc(Cl)c2c1OCO2. The molecule has 0 bridgehead atoms. The molecule has 1 aromatic heterocycles. The highest BCUT2D eigenvalue weighted by Gasteiger charge is 2.27. The monoisotopic (exact) mass is 308 g/mol. The van der Waals surface area contributed by atoms with Gasteiger partial charge in [-0.05, 0) is 18.1 Å². The highest BCUT2D eigenvalue weighted by molar-refractivity contribution is 6.32. The third-order valence-electron chi connectivity index (χ3n) is 3.30. The molecular formula is C14H13ClN2O4. The zero-order chi connectivity index (χ0) is 15.1. The lowest BCUT2D eigenvalue weighted by molar-refractivity contribution is 0.0690. The van der Waals surface area contributed by atoms with Crippen LogP contribution in [0.2, 0.25) is 5.02 Å². The van der Waals surface area contributed by atoms with Crippen LogP contribution in [-0.2, 0) is 0 Å². The van der Waals surface area contributed by atoms with E-state index in [4.69, 9.17) is 26.2 Å². The summed E-state index contributed by atoms with van der Waals surface area (Å²) in [5, 5.41) is 16.0. The maximum absolute atomic E-state index is 11.0. The summed E-state index contributed by atoms with van der Waals surface area (Å²) in [5.41, 5.74) is 2.17. The summed E-state index contributed by atoms with van der Waals surface area (Å²) in [4.78, 5) is 11.0. The molecule has 0 saturated carbocycles. The second-order valence-corrected chi connectivity index (χ2v) is 5.42. The van der Waals surface area contributed by atoms with Crippen molar-refractivity contribution >= 4 is 17.6 Å². The van der Waals surface area contributed by atoms with Crippen molar-refractivity contribution in [1.82, 2.24) is 10.2 Å². The molecule has 1 aliphatic heterocycles. The van der Waals surface area contributed by atoms with E-state index in [0.29, 0.717) is 22.2 Å². The van der Waals surface area contributed by atoms with Gasteiger partial charge in [-0.2, -0.15) is 5.10 Å². The number of ether oxygens (including phenoxy) is 2. The average molecular weight is 309 g/mol. The predicted molar refractivity (Wildman–Crippen MR) is 76.2 cm³/mol. The molecule has 0 radical (unpaired) electrons. The van der Waals surface area contributed by atoms with Gasteiger partial charge in [0.05, 0.1) is 10.7 Å². The molecule has 0 saturated heterocycles. The molecule has 0 amide bonds. The number of halogens is 1. The number of H-pyrrole nitrogens is 1. The number of nitrogens with one attached hydrogen (secondary N) is 1. The number of aromatic amines is 1. The van der Waals surface area contributed by atoms with E-state index in [9.17, 15) is 4.79 Å². The van der Waals surface area contributed by atoms with Crippen molar-refractivity contribution < 1.29 is 19.4 Å². The Labute approximate surface area is 125 Å². The first-order valence-corrected chi connectivity index (χ1v) is 6.78. The van der Waals surface area contributed by atoms with Gasteiger partial charge in [0.2, 0.25) is 6.79 Å². The fourth-order valence-corrected chi connectivity index (χ4v) is 2.65. The molecule has 110 valence electrons. The number of carboxylic acid groups (broad SMARTS) is 1. The van der Waals surface area contributed by atoms with Gasteiger partial charge in [-0.25, -0.2) is 4.79 Å². The van der Waals surface area contributed by atoms with Crippen LogP contribution < -0.4 is 9.47 Å². The van der Waals surface area contributed by atoms with E-state index >= 15 is 0 Å². The van der Waals surface area contributed by atoms with Gasteiger partial charge in [0.25, 0.3) is 0 Å². The summed E-state index contributed by atoms with van der Waals surface area (Å²) in [6.45, 7) is 4.15. The fraction of sp³-hybridized carbons (Fsp3) is 0.286. The van der Waals surface area contributed by atoms with Crippen molar-refractivity contribution in [2.45, 2.75) is 19.8 Å². The summed E-state index contributed by atoms with van der Waals surface area (Å²) >= 11 is 6.21. The molecule has 21 heavy (non-hydrogen) atoms. The van der Waals surface area contributed by atoms with Crippen molar-refractivity contribution in [3.63, 3.8) is 0 Å². The molecule has 2 heterocycles. The second-order valence-electron chi connectivity index (χ2n) is 5.01. The van der Waals surface area contributed by atoms with E-state index < -0.39 is 5.97 Å². The Morgan fingerprint density at radius 2 is 2.10 bits per heavy atom. The smallest absolute Gasteiger partial charge is 0.353 e. The molecule has 2 N–H and O–H groups in total. The van der Waals surface area contributed by atoms with Gasteiger partial charge in [0.1, 0.15) is 5.69 Å². The fourth-order valence-electron chi connectivity index (χ4n) is 2.40. The number of aromatic nitrogens is 2. The van der Waals surface area contributed by atoms with Gasteiger partial charge in [-0.15, -0.1) is 0 Å². The molecule has 7 heteroatoms. The van der Waals surface area contributed by atoms with Crippen molar-refractivity contribution in [3.05, 3.63) is 28.4 Å². The Hall–Kier alpha value is -2.21. The number of aromatic carboxylic acids is 1. The molecule has 0 unspecified atom stereocenters. The van der Waals surface area contributed by atoms with Crippen molar-refractivity contribution in [1.29, 1.82) is 0 Å². The molecule has 1 aromatic carbocycles. The standard InChI is InChI=1S/C14H13ClN2O4/c1-6(2)11-7(9-4-10(14(18)19)17-16-9)3-8(15)12-13(11)21-5-20-12/h3-4,6H,5H2,1-2H3,(H,16,17)(H,18,19). The molecule has 1 aliphatic rings. The van der Waals surface area contributed by atoms with Gasteiger partial charge >= 0.3 is 5.97 Å². The third-order valence-corrected chi connectivity index (χ3v) is 3.58. The number of carboxylic acids is 1. The Bertz CT molecular complexity index is 724. The van der Waals surface area contributed by atoms with Crippen molar-refractivity contribution in [2.75, 3.05) is 6.79 Å². The zero-order valence-corrected chi connectivity index (χ0v) is 12.2. The maximum Gasteiger partial charge on any atom is 0.353 e. The van der Waals surface area contributed by atoms with Gasteiger partial charge < -0.3 is 14.6 Å². The van der Waals surface area contributed by atoms with Crippen LogP contribution in [0.1, 0.15) is 35.8 Å². The van der Waals surface area contributed by atoms with Crippen LogP contribution in [0.3, 0.4) is 0 Å². The second kappa shape index (κ2) is 4.96. The van der Waals surface area contributed by atoms with E-state index in [1.165, 1.54) is 6.07 Å². The molecule has 0 spiro atoms. The first kappa shape index (κ1) is 13.8. The van der Waals surface area contributed by atoms with Gasteiger partial charge in [-0.3, -0.25) is 5.10 Å². The average Bonchev–Trinajstić information content (AvgIpc) is 3.07. The van der Waals surface area contributed by atoms with Crippen LogP contribution in [-0.4, -0.2) is 28.1 Å². The topological polar surface area (TPSA) is 84.4 Å². The van der Waals surface area contributed by atoms with Gasteiger partial charge in [-0.1, -0.05) is 25.4 Å². The Morgan fingerprint density at radius 3 is 2.71 bits per heavy atom. The highest BCUT2D eigenvalue weighted by atomic mass is 35.5. The van der Waals surface area contributed by atoms with Crippen LogP contribution in [0.4, 0.5) is 0 Å². The zero-order valence-electron chi connectivity index (χ0n) is 11.4. The van der Waals surface area contributed by atoms with E-state index in [-0.39, 0.29) is 18.4 Å². The van der Waals surface area contributed by atoms with Crippen LogP contribution in [0.15, 0.2) is 12.1 Å². The Morgan fingerprint density at radius 1 is 1.38 bits per heavy atom. The van der Waals surface area contributed by atoms with Crippen molar-refractivity contribution in [3.8, 4) is 22.8 Å². The van der Waals surface area contributed by atoms with E-state index in [2.05, 4.69) is 10.2 Å². The minimum absolute atomic E-state index is 0.0218. The Balaban J connectivity index is 2.21. The predicted octanol–water partition coefficient (Wildman–Crippen LogP) is 3.28. The summed E-state index contributed by atoms with van der Waals surface area (Å²) in [6, 6.07) is 3.20. The minimum atomic E-state index is -1.06. The molecule has 0 fully saturated rings. The van der Waals surface area contributed by atoms with E-state index in [0.717, 1.165) is 11.1 Å². The van der Waals surface area contributed by atoms with Gasteiger partial charge in [0, 0.05) is 11.1 Å². The summed E-state index contributed by atoms with van der Waals surface area (Å²) in [6.07, 6.45) is 0. The molecule has 2 aromatic rings. The minimum Gasteiger partial charge on any atom is -0.477 e. The number of fused-ring (bicyclic) bond motifs is 1. The number of carbonyl (C=O) groups is 1. The lowest BCUT2D eigenvalue weighted by Gasteiger charge is -2.15. The molecule has 6 nitrogen and oxygen atoms in total. The number of hydrogen-bond donors (Lipinski definition) is 2. The first-order chi connectivity index (χ1) is 9.99. The lowest BCUT2D eigenvalue weighted by atomic mass is 9.93. The number of rotatable bonds is 3. The van der Waals surface area contributed by atoms with E-state index in [1.807, 2.05) is 13.8 Å². The van der Waals surface area contributed by atoms with Crippen molar-refractivity contribution in [2.24, 2.45) is 0 Å². The van der Waals surface area contributed by atoms with Gasteiger partial charge in [0.15, 0.2) is 11.5 Å². The largest absolute Gasteiger partial charge is 0.477 e. The Kier molecular flexibility index (Phi) is 3.25.